The Morgan fingerprint density at radius 1 is 1.45 bits per heavy atom. The largest absolute Gasteiger partial charge is 0.598 e. The van der Waals surface area contributed by atoms with E-state index >= 15 is 0 Å². The summed E-state index contributed by atoms with van der Waals surface area (Å²) < 4.78 is 20.3. The number of hydrogen-bond donors (Lipinski definition) is 1. The molecule has 0 aliphatic heterocycles. The summed E-state index contributed by atoms with van der Waals surface area (Å²) in [6.07, 6.45) is 2.94. The van der Waals surface area contributed by atoms with Gasteiger partial charge >= 0.3 is 5.97 Å². The predicted octanol–water partition coefficient (Wildman–Crippen LogP) is 3.29. The second-order valence-electron chi connectivity index (χ2n) is 6.58. The van der Waals surface area contributed by atoms with Gasteiger partial charge in [-0.1, -0.05) is 6.07 Å². The normalized spacial score (nSPS) is 19.4. The van der Waals surface area contributed by atoms with Gasteiger partial charge in [-0.25, -0.2) is 4.79 Å². The van der Waals surface area contributed by atoms with Crippen LogP contribution in [0.4, 0.5) is 0 Å². The number of carbonyl (C=O) groups excluding carboxylic acids is 1. The minimum atomic E-state index is -1.10. The van der Waals surface area contributed by atoms with Gasteiger partial charge in [0.15, 0.2) is 0 Å². The maximum atomic E-state index is 12.3. The number of aryl methyl sites for hydroxylation is 1. The molecule has 1 aromatic carbocycles. The Hall–Kier alpha value is -1.04. The topological polar surface area (TPSA) is 61.4 Å². The quantitative estimate of drug-likeness (QED) is 0.682. The molecule has 1 aliphatic rings. The molecule has 0 radical (unpaired) electrons. The highest BCUT2D eigenvalue weighted by atomic mass is 32.2. The van der Waals surface area contributed by atoms with Crippen molar-refractivity contribution in [2.24, 2.45) is 0 Å². The molecule has 0 aromatic heterocycles. The van der Waals surface area contributed by atoms with E-state index < -0.39 is 11.4 Å². The van der Waals surface area contributed by atoms with Crippen LogP contribution in [0, 0.1) is 0 Å². The number of fused-ring (bicyclic) bond motifs is 1. The number of nitrogens with one attached hydrogen (secondary N) is 1. The molecular weight excluding hydrogens is 298 g/mol. The molecule has 0 fully saturated rings. The van der Waals surface area contributed by atoms with E-state index in [9.17, 15) is 9.35 Å². The van der Waals surface area contributed by atoms with Crippen molar-refractivity contribution in [1.82, 2.24) is 4.72 Å². The lowest BCUT2D eigenvalue weighted by Gasteiger charge is -2.31. The molecule has 1 unspecified atom stereocenters. The van der Waals surface area contributed by atoms with E-state index in [1.54, 1.807) is 13.0 Å². The molecular formula is C17H25NO3S. The van der Waals surface area contributed by atoms with Gasteiger partial charge in [-0.2, -0.15) is 0 Å². The predicted molar refractivity (Wildman–Crippen MR) is 89.1 cm³/mol. The van der Waals surface area contributed by atoms with Crippen molar-refractivity contribution >= 4 is 17.3 Å². The Morgan fingerprint density at radius 2 is 2.18 bits per heavy atom. The van der Waals surface area contributed by atoms with Crippen LogP contribution in [0.3, 0.4) is 0 Å². The molecule has 0 saturated carbocycles. The molecule has 0 amide bonds. The first-order valence-corrected chi connectivity index (χ1v) is 8.96. The zero-order chi connectivity index (χ0) is 16.3. The SMILES string of the molecule is CCOC(=O)c1ccc2c(c1)CCC[C@@H]2N[S+]([O-])C(C)(C)C. The molecule has 5 heteroatoms. The summed E-state index contributed by atoms with van der Waals surface area (Å²) in [6, 6.07) is 5.77. The van der Waals surface area contributed by atoms with Crippen molar-refractivity contribution < 1.29 is 14.1 Å². The van der Waals surface area contributed by atoms with Gasteiger partial charge in [0.25, 0.3) is 0 Å². The first kappa shape index (κ1) is 17.3. The van der Waals surface area contributed by atoms with Crippen molar-refractivity contribution in [3.8, 4) is 0 Å². The van der Waals surface area contributed by atoms with Crippen molar-refractivity contribution in [2.45, 2.75) is 57.7 Å². The minimum Gasteiger partial charge on any atom is -0.598 e. The molecule has 22 heavy (non-hydrogen) atoms. The highest BCUT2D eigenvalue weighted by Crippen LogP contribution is 2.32. The van der Waals surface area contributed by atoms with Crippen molar-refractivity contribution in [3.63, 3.8) is 0 Å². The number of benzene rings is 1. The maximum Gasteiger partial charge on any atom is 0.338 e. The Labute approximate surface area is 135 Å². The Morgan fingerprint density at radius 3 is 2.82 bits per heavy atom. The van der Waals surface area contributed by atoms with Crippen LogP contribution >= 0.6 is 0 Å². The van der Waals surface area contributed by atoms with Gasteiger partial charge in [-0.3, -0.25) is 0 Å². The molecule has 122 valence electrons. The number of hydrogen-bond acceptors (Lipinski definition) is 4. The van der Waals surface area contributed by atoms with Gasteiger partial charge < -0.3 is 9.29 Å². The van der Waals surface area contributed by atoms with Crippen LogP contribution in [-0.4, -0.2) is 21.9 Å². The minimum absolute atomic E-state index is 0.0834. The molecule has 1 aromatic rings. The monoisotopic (exact) mass is 323 g/mol. The van der Waals surface area contributed by atoms with E-state index in [0.29, 0.717) is 12.2 Å². The maximum absolute atomic E-state index is 12.3. The van der Waals surface area contributed by atoms with Crippen LogP contribution < -0.4 is 4.72 Å². The number of ether oxygens (including phenoxy) is 1. The van der Waals surface area contributed by atoms with Crippen molar-refractivity contribution in [1.29, 1.82) is 0 Å². The van der Waals surface area contributed by atoms with E-state index in [4.69, 9.17) is 4.74 Å². The Bertz CT molecular complexity index is 539. The molecule has 0 bridgehead atoms. The van der Waals surface area contributed by atoms with Crippen LogP contribution in [0.25, 0.3) is 0 Å². The second kappa shape index (κ2) is 7.02. The molecule has 0 saturated heterocycles. The van der Waals surface area contributed by atoms with Gasteiger partial charge in [0.2, 0.25) is 0 Å². The second-order valence-corrected chi connectivity index (χ2v) is 8.58. The standard InChI is InChI=1S/C17H25NO3S/c1-5-21-16(19)13-9-10-14-12(11-13)7-6-8-15(14)18-22(20)17(2,3)4/h9-11,15,18H,5-8H2,1-4H3/t15-,22?/m0/s1. The summed E-state index contributed by atoms with van der Waals surface area (Å²) in [4.78, 5) is 11.8. The molecule has 2 rings (SSSR count). The summed E-state index contributed by atoms with van der Waals surface area (Å²) in [7, 11) is 0. The molecule has 4 nitrogen and oxygen atoms in total. The first-order chi connectivity index (χ1) is 10.3. The third kappa shape index (κ3) is 4.03. The van der Waals surface area contributed by atoms with Crippen molar-refractivity contribution in [3.05, 3.63) is 34.9 Å². The average Bonchev–Trinajstić information content (AvgIpc) is 2.46. The van der Waals surface area contributed by atoms with Crippen LogP contribution in [0.5, 0.6) is 0 Å². The number of carbonyl (C=O) groups is 1. The van der Waals surface area contributed by atoms with E-state index in [1.165, 1.54) is 0 Å². The number of rotatable bonds is 4. The van der Waals surface area contributed by atoms with Gasteiger partial charge in [0, 0.05) is 11.4 Å². The smallest absolute Gasteiger partial charge is 0.338 e. The summed E-state index contributed by atoms with van der Waals surface area (Å²) in [5.74, 6) is -0.279. The Balaban J connectivity index is 2.19. The summed E-state index contributed by atoms with van der Waals surface area (Å²) in [6.45, 7) is 8.07. The van der Waals surface area contributed by atoms with Crippen LogP contribution in [-0.2, 0) is 22.5 Å². The van der Waals surface area contributed by atoms with E-state index in [-0.39, 0.29) is 16.8 Å². The fraction of sp³-hybridized carbons (Fsp3) is 0.588. The third-order valence-electron chi connectivity index (χ3n) is 3.77. The average molecular weight is 323 g/mol. The lowest BCUT2D eigenvalue weighted by molar-refractivity contribution is 0.0526. The molecule has 1 N–H and O–H groups in total. The van der Waals surface area contributed by atoms with Crippen molar-refractivity contribution in [2.75, 3.05) is 6.61 Å². The third-order valence-corrected chi connectivity index (χ3v) is 5.38. The van der Waals surface area contributed by atoms with Gasteiger partial charge in [-0.05, 0) is 70.2 Å². The van der Waals surface area contributed by atoms with Crippen LogP contribution in [0.1, 0.15) is 68.1 Å². The molecule has 0 spiro atoms. The first-order valence-electron chi connectivity index (χ1n) is 7.81. The van der Waals surface area contributed by atoms with E-state index in [2.05, 4.69) is 4.72 Å². The fourth-order valence-electron chi connectivity index (χ4n) is 2.58. The Kier molecular flexibility index (Phi) is 5.53. The lowest BCUT2D eigenvalue weighted by atomic mass is 9.87. The van der Waals surface area contributed by atoms with E-state index in [1.807, 2.05) is 32.9 Å². The molecule has 1 aliphatic carbocycles. The molecule has 0 heterocycles. The lowest BCUT2D eigenvalue weighted by Crippen LogP contribution is -2.42. The summed E-state index contributed by atoms with van der Waals surface area (Å²) in [5, 5.41) is 0. The van der Waals surface area contributed by atoms with E-state index in [0.717, 1.165) is 30.4 Å². The highest BCUT2D eigenvalue weighted by Gasteiger charge is 2.31. The molecule has 2 atom stereocenters. The van der Waals surface area contributed by atoms with Gasteiger partial charge in [0.1, 0.15) is 4.75 Å². The van der Waals surface area contributed by atoms with Crippen LogP contribution in [0.15, 0.2) is 18.2 Å². The van der Waals surface area contributed by atoms with Gasteiger partial charge in [-0.15, -0.1) is 4.72 Å². The van der Waals surface area contributed by atoms with Crippen LogP contribution in [0.2, 0.25) is 0 Å². The highest BCUT2D eigenvalue weighted by molar-refractivity contribution is 7.90. The summed E-state index contributed by atoms with van der Waals surface area (Å²) in [5.41, 5.74) is 2.90. The van der Waals surface area contributed by atoms with Gasteiger partial charge in [0.05, 0.1) is 18.2 Å². The zero-order valence-electron chi connectivity index (χ0n) is 13.8. The fourth-order valence-corrected chi connectivity index (χ4v) is 3.44. The summed E-state index contributed by atoms with van der Waals surface area (Å²) >= 11 is -1.10. The zero-order valence-corrected chi connectivity index (χ0v) is 14.6. The number of esters is 1.